The zero-order chi connectivity index (χ0) is 17.9. The van der Waals surface area contributed by atoms with Crippen LogP contribution in [0.3, 0.4) is 0 Å². The van der Waals surface area contributed by atoms with E-state index >= 15 is 0 Å². The predicted molar refractivity (Wildman–Crippen MR) is 103 cm³/mol. The molecule has 0 amide bonds. The first-order valence-corrected chi connectivity index (χ1v) is 8.46. The van der Waals surface area contributed by atoms with Crippen LogP contribution in [0, 0.1) is 0 Å². The Bertz CT molecular complexity index is 1060. The van der Waals surface area contributed by atoms with Crippen molar-refractivity contribution in [3.63, 3.8) is 0 Å². The molecule has 0 saturated carbocycles. The first-order chi connectivity index (χ1) is 12.8. The molecule has 0 spiro atoms. The van der Waals surface area contributed by atoms with Gasteiger partial charge in [-0.1, -0.05) is 18.2 Å². The van der Waals surface area contributed by atoms with E-state index in [1.54, 1.807) is 20.5 Å². The molecule has 0 fully saturated rings. The lowest BCUT2D eigenvalue weighted by Crippen LogP contribution is -2.07. The molecule has 4 aromatic rings. The Morgan fingerprint density at radius 3 is 2.77 bits per heavy atom. The molecule has 0 aliphatic carbocycles. The Kier molecular flexibility index (Phi) is 4.31. The average molecular weight is 348 g/mol. The zero-order valence-corrected chi connectivity index (χ0v) is 14.7. The van der Waals surface area contributed by atoms with E-state index in [1.165, 1.54) is 0 Å². The summed E-state index contributed by atoms with van der Waals surface area (Å²) in [6, 6.07) is 14.0. The van der Waals surface area contributed by atoms with Gasteiger partial charge >= 0.3 is 0 Å². The van der Waals surface area contributed by atoms with Crippen molar-refractivity contribution in [2.45, 2.75) is 6.42 Å². The molecule has 2 aromatic heterocycles. The molecule has 0 radical (unpaired) electrons. The normalized spacial score (nSPS) is 11.0. The van der Waals surface area contributed by atoms with E-state index in [9.17, 15) is 0 Å². The van der Waals surface area contributed by atoms with Crippen molar-refractivity contribution in [3.05, 3.63) is 54.4 Å². The van der Waals surface area contributed by atoms with Gasteiger partial charge in [0, 0.05) is 17.4 Å². The summed E-state index contributed by atoms with van der Waals surface area (Å²) in [6.45, 7) is 0.741. The summed E-state index contributed by atoms with van der Waals surface area (Å²) >= 11 is 0. The van der Waals surface area contributed by atoms with E-state index in [4.69, 9.17) is 9.47 Å². The molecule has 0 unspecified atom stereocenters. The van der Waals surface area contributed by atoms with Crippen LogP contribution in [0.2, 0.25) is 0 Å². The van der Waals surface area contributed by atoms with Crippen molar-refractivity contribution in [1.82, 2.24) is 15.0 Å². The molecule has 2 heterocycles. The summed E-state index contributed by atoms with van der Waals surface area (Å²) < 4.78 is 10.7. The van der Waals surface area contributed by atoms with Crippen molar-refractivity contribution in [1.29, 1.82) is 0 Å². The third-order valence-corrected chi connectivity index (χ3v) is 4.47. The van der Waals surface area contributed by atoms with Crippen LogP contribution in [0.1, 0.15) is 5.56 Å². The summed E-state index contributed by atoms with van der Waals surface area (Å²) in [6.07, 6.45) is 2.42. The maximum absolute atomic E-state index is 5.41. The van der Waals surface area contributed by atoms with Gasteiger partial charge in [-0.25, -0.2) is 9.97 Å². The highest BCUT2D eigenvalue weighted by atomic mass is 16.5. The second-order valence-corrected chi connectivity index (χ2v) is 5.97. The standard InChI is InChI=1S/C20H20N4O2/c1-25-14-7-8-16-15(11-14)18-19(24-16)20(23-12-22-18)21-10-9-13-5-3-4-6-17(13)26-2/h3-8,11-12,24H,9-10H2,1-2H3,(H,21,22,23). The van der Waals surface area contributed by atoms with Crippen molar-refractivity contribution >= 4 is 27.8 Å². The molecule has 132 valence electrons. The Morgan fingerprint density at radius 1 is 1.04 bits per heavy atom. The average Bonchev–Trinajstić information content (AvgIpc) is 3.07. The lowest BCUT2D eigenvalue weighted by Gasteiger charge is -2.09. The largest absolute Gasteiger partial charge is 0.497 e. The highest BCUT2D eigenvalue weighted by Crippen LogP contribution is 2.30. The second kappa shape index (κ2) is 6.92. The monoisotopic (exact) mass is 348 g/mol. The number of benzene rings is 2. The highest BCUT2D eigenvalue weighted by Gasteiger charge is 2.11. The number of aromatic nitrogens is 3. The van der Waals surface area contributed by atoms with Gasteiger partial charge in [-0.05, 0) is 36.2 Å². The third-order valence-electron chi connectivity index (χ3n) is 4.47. The summed E-state index contributed by atoms with van der Waals surface area (Å²) in [5, 5.41) is 4.43. The maximum Gasteiger partial charge on any atom is 0.153 e. The molecule has 2 aromatic carbocycles. The molecule has 6 nitrogen and oxygen atoms in total. The van der Waals surface area contributed by atoms with Crippen molar-refractivity contribution in [3.8, 4) is 11.5 Å². The van der Waals surface area contributed by atoms with Crippen molar-refractivity contribution < 1.29 is 9.47 Å². The van der Waals surface area contributed by atoms with Crippen LogP contribution >= 0.6 is 0 Å². The van der Waals surface area contributed by atoms with E-state index in [1.807, 2.05) is 36.4 Å². The Labute approximate surface area is 151 Å². The van der Waals surface area contributed by atoms with E-state index in [0.29, 0.717) is 0 Å². The number of para-hydroxylation sites is 1. The summed E-state index contributed by atoms with van der Waals surface area (Å²) in [4.78, 5) is 12.2. The molecule has 0 bridgehead atoms. The minimum Gasteiger partial charge on any atom is -0.497 e. The third kappa shape index (κ3) is 2.90. The van der Waals surface area contributed by atoms with Crippen LogP contribution in [-0.2, 0) is 6.42 Å². The lowest BCUT2D eigenvalue weighted by atomic mass is 10.1. The zero-order valence-electron chi connectivity index (χ0n) is 14.7. The van der Waals surface area contributed by atoms with Crippen LogP contribution in [0.4, 0.5) is 5.82 Å². The van der Waals surface area contributed by atoms with Crippen LogP contribution in [0.25, 0.3) is 21.9 Å². The minimum atomic E-state index is 0.741. The van der Waals surface area contributed by atoms with Gasteiger partial charge in [0.05, 0.1) is 14.2 Å². The van der Waals surface area contributed by atoms with E-state index < -0.39 is 0 Å². The van der Waals surface area contributed by atoms with E-state index in [2.05, 4.69) is 26.3 Å². The molecule has 6 heteroatoms. The molecule has 0 aliphatic rings. The SMILES string of the molecule is COc1ccc2[nH]c3c(NCCc4ccccc4OC)ncnc3c2c1. The predicted octanol–water partition coefficient (Wildman–Crippen LogP) is 3.78. The van der Waals surface area contributed by atoms with Crippen LogP contribution in [0.5, 0.6) is 11.5 Å². The fourth-order valence-corrected chi connectivity index (χ4v) is 3.16. The number of anilines is 1. The van der Waals surface area contributed by atoms with Crippen LogP contribution < -0.4 is 14.8 Å². The number of fused-ring (bicyclic) bond motifs is 3. The van der Waals surface area contributed by atoms with Crippen LogP contribution in [0.15, 0.2) is 48.8 Å². The fraction of sp³-hybridized carbons (Fsp3) is 0.200. The smallest absolute Gasteiger partial charge is 0.153 e. The number of nitrogens with one attached hydrogen (secondary N) is 2. The second-order valence-electron chi connectivity index (χ2n) is 5.97. The minimum absolute atomic E-state index is 0.741. The number of H-pyrrole nitrogens is 1. The molecular weight excluding hydrogens is 328 g/mol. The molecule has 26 heavy (non-hydrogen) atoms. The van der Waals surface area contributed by atoms with Crippen LogP contribution in [-0.4, -0.2) is 35.7 Å². The lowest BCUT2D eigenvalue weighted by molar-refractivity contribution is 0.410. The van der Waals surface area contributed by atoms with Gasteiger partial charge in [-0.2, -0.15) is 0 Å². The molecule has 2 N–H and O–H groups in total. The first kappa shape index (κ1) is 16.2. The van der Waals surface area contributed by atoms with Gasteiger partial charge in [0.2, 0.25) is 0 Å². The summed E-state index contributed by atoms with van der Waals surface area (Å²) in [5.74, 6) is 2.50. The van der Waals surface area contributed by atoms with Crippen molar-refractivity contribution in [2.75, 3.05) is 26.1 Å². The molecule has 0 atom stereocenters. The van der Waals surface area contributed by atoms with Crippen molar-refractivity contribution in [2.24, 2.45) is 0 Å². The topological polar surface area (TPSA) is 72.1 Å². The Hall–Kier alpha value is -3.28. The number of aromatic amines is 1. The van der Waals surface area contributed by atoms with Gasteiger partial charge in [0.15, 0.2) is 5.82 Å². The molecule has 0 saturated heterocycles. The summed E-state index contributed by atoms with van der Waals surface area (Å²) in [5.41, 5.74) is 3.95. The number of hydrogen-bond acceptors (Lipinski definition) is 5. The van der Waals surface area contributed by atoms with E-state index in [0.717, 1.165) is 57.8 Å². The van der Waals surface area contributed by atoms with Gasteiger partial charge < -0.3 is 19.8 Å². The molecule has 4 rings (SSSR count). The number of rotatable bonds is 6. The summed E-state index contributed by atoms with van der Waals surface area (Å²) in [7, 11) is 3.36. The maximum atomic E-state index is 5.41. The number of methoxy groups -OCH3 is 2. The molecule has 0 aliphatic heterocycles. The number of hydrogen-bond donors (Lipinski definition) is 2. The van der Waals surface area contributed by atoms with Gasteiger partial charge in [-0.15, -0.1) is 0 Å². The number of nitrogens with zero attached hydrogens (tertiary/aromatic N) is 2. The fourth-order valence-electron chi connectivity index (χ4n) is 3.16. The Balaban J connectivity index is 1.60. The molecular formula is C20H20N4O2. The van der Waals surface area contributed by atoms with Gasteiger partial charge in [-0.3, -0.25) is 0 Å². The van der Waals surface area contributed by atoms with Gasteiger partial charge in [0.25, 0.3) is 0 Å². The number of ether oxygens (including phenoxy) is 2. The highest BCUT2D eigenvalue weighted by molar-refractivity contribution is 6.08. The van der Waals surface area contributed by atoms with E-state index in [-0.39, 0.29) is 0 Å². The Morgan fingerprint density at radius 2 is 1.92 bits per heavy atom. The quantitative estimate of drug-likeness (QED) is 0.555. The first-order valence-electron chi connectivity index (χ1n) is 8.46. The van der Waals surface area contributed by atoms with Gasteiger partial charge in [0.1, 0.15) is 28.9 Å².